The van der Waals surface area contributed by atoms with Crippen molar-refractivity contribution in [1.29, 1.82) is 0 Å². The number of rotatable bonds is 11. The van der Waals surface area contributed by atoms with E-state index in [0.29, 0.717) is 37.6 Å². The molecule has 2 heterocycles. The van der Waals surface area contributed by atoms with E-state index in [0.717, 1.165) is 44.6 Å². The SMILES string of the molecule is COCCN1CCc2ccc(Nc3ncc(Cl)c(N[C@@H]4CCCC[C@]4(CC(C)S(=O)(=O)O)C(N)=O)n3)cc2CC1. The van der Waals surface area contributed by atoms with Gasteiger partial charge in [0, 0.05) is 38.5 Å². The number of hydrogen-bond donors (Lipinski definition) is 4. The van der Waals surface area contributed by atoms with Crippen LogP contribution in [0.2, 0.25) is 5.02 Å². The summed E-state index contributed by atoms with van der Waals surface area (Å²) < 4.78 is 38.4. The molecular weight excluding hydrogens is 556 g/mol. The Bertz CT molecular complexity index is 1310. The highest BCUT2D eigenvalue weighted by Gasteiger charge is 2.48. The number of anilines is 3. The molecule has 2 aliphatic rings. The quantitative estimate of drug-likeness (QED) is 0.284. The molecule has 5 N–H and O–H groups in total. The average molecular weight is 595 g/mol. The Morgan fingerprint density at radius 3 is 2.75 bits per heavy atom. The van der Waals surface area contributed by atoms with Crippen LogP contribution in [0.15, 0.2) is 24.4 Å². The number of nitrogens with one attached hydrogen (secondary N) is 2. The lowest BCUT2D eigenvalue weighted by Gasteiger charge is -2.43. The van der Waals surface area contributed by atoms with E-state index in [1.807, 2.05) is 6.07 Å². The number of ether oxygens (including phenoxy) is 1. The van der Waals surface area contributed by atoms with Crippen LogP contribution in [0.1, 0.15) is 50.2 Å². The third-order valence-corrected chi connectivity index (χ3v) is 9.67. The summed E-state index contributed by atoms with van der Waals surface area (Å²) in [6.07, 6.45) is 5.77. The zero-order valence-corrected chi connectivity index (χ0v) is 24.6. The van der Waals surface area contributed by atoms with Gasteiger partial charge in [0.05, 0.1) is 23.5 Å². The number of aromatic nitrogens is 2. The zero-order valence-electron chi connectivity index (χ0n) is 23.0. The van der Waals surface area contributed by atoms with Gasteiger partial charge >= 0.3 is 0 Å². The molecule has 0 radical (unpaired) electrons. The van der Waals surface area contributed by atoms with Crippen LogP contribution in [-0.4, -0.2) is 78.4 Å². The van der Waals surface area contributed by atoms with Crippen LogP contribution in [0, 0.1) is 5.41 Å². The summed E-state index contributed by atoms with van der Waals surface area (Å²) in [4.78, 5) is 24.1. The van der Waals surface area contributed by atoms with Crippen molar-refractivity contribution in [3.8, 4) is 0 Å². The molecular formula is C27H39ClN6O5S. The maximum atomic E-state index is 12.8. The Hall–Kier alpha value is -2.51. The number of nitrogens with two attached hydrogens (primary N) is 1. The Balaban J connectivity index is 1.52. The molecule has 0 saturated heterocycles. The number of fused-ring (bicyclic) bond motifs is 1. The summed E-state index contributed by atoms with van der Waals surface area (Å²) in [6.45, 7) is 4.97. The Kier molecular flexibility index (Phi) is 9.89. The Labute approximate surface area is 241 Å². The molecule has 11 nitrogen and oxygen atoms in total. The highest BCUT2D eigenvalue weighted by atomic mass is 35.5. The monoisotopic (exact) mass is 594 g/mol. The van der Waals surface area contributed by atoms with Crippen LogP contribution >= 0.6 is 11.6 Å². The lowest BCUT2D eigenvalue weighted by atomic mass is 9.67. The number of halogens is 1. The zero-order chi connectivity index (χ0) is 28.9. The number of primary amides is 1. The van der Waals surface area contributed by atoms with E-state index < -0.39 is 32.7 Å². The van der Waals surface area contributed by atoms with Crippen LogP contribution in [-0.2, 0) is 32.5 Å². The molecule has 0 spiro atoms. The molecule has 1 fully saturated rings. The minimum absolute atomic E-state index is 0.106. The first-order valence-electron chi connectivity index (χ1n) is 13.7. The normalized spacial score (nSPS) is 22.6. The number of methoxy groups -OCH3 is 1. The fraction of sp³-hybridized carbons (Fsp3) is 0.593. The number of hydrogen-bond acceptors (Lipinski definition) is 9. The van der Waals surface area contributed by atoms with Crippen LogP contribution in [0.3, 0.4) is 0 Å². The van der Waals surface area contributed by atoms with Crippen LogP contribution < -0.4 is 16.4 Å². The van der Waals surface area contributed by atoms with Gasteiger partial charge in [0.15, 0.2) is 5.82 Å². The van der Waals surface area contributed by atoms with Gasteiger partial charge in [0.2, 0.25) is 11.9 Å². The molecule has 1 aliphatic carbocycles. The van der Waals surface area contributed by atoms with Crippen molar-refractivity contribution >= 4 is 45.1 Å². The number of benzene rings is 1. The van der Waals surface area contributed by atoms with Crippen molar-refractivity contribution in [2.45, 2.75) is 63.2 Å². The molecule has 0 bridgehead atoms. The van der Waals surface area contributed by atoms with E-state index in [9.17, 15) is 17.8 Å². The number of carbonyl (C=O) groups is 1. The minimum atomic E-state index is -4.34. The molecule has 1 amide bonds. The Morgan fingerprint density at radius 2 is 2.05 bits per heavy atom. The topological polar surface area (TPSA) is 160 Å². The second-order valence-corrected chi connectivity index (χ2v) is 13.1. The molecule has 1 aromatic carbocycles. The molecule has 2 aromatic rings. The molecule has 1 aliphatic heterocycles. The summed E-state index contributed by atoms with van der Waals surface area (Å²) >= 11 is 6.45. The van der Waals surface area contributed by atoms with Gasteiger partial charge in [-0.1, -0.05) is 30.5 Å². The number of nitrogens with zero attached hydrogens (tertiary/aromatic N) is 3. The summed E-state index contributed by atoms with van der Waals surface area (Å²) in [5.74, 6) is 0.0308. The average Bonchev–Trinajstić information content (AvgIpc) is 3.11. The highest BCUT2D eigenvalue weighted by molar-refractivity contribution is 7.86. The lowest BCUT2D eigenvalue weighted by Crippen LogP contribution is -2.53. The van der Waals surface area contributed by atoms with Crippen molar-refractivity contribution in [2.24, 2.45) is 11.1 Å². The number of amides is 1. The number of carbonyl (C=O) groups excluding carboxylic acids is 1. The molecule has 13 heteroatoms. The van der Waals surface area contributed by atoms with Crippen molar-refractivity contribution in [3.63, 3.8) is 0 Å². The molecule has 1 unspecified atom stereocenters. The second-order valence-electron chi connectivity index (χ2n) is 10.8. The fourth-order valence-corrected chi connectivity index (χ4v) is 6.48. The first-order valence-corrected chi connectivity index (χ1v) is 15.6. The third-order valence-electron chi connectivity index (χ3n) is 8.21. The van der Waals surface area contributed by atoms with E-state index in [-0.39, 0.29) is 11.4 Å². The van der Waals surface area contributed by atoms with Gasteiger partial charge in [0.25, 0.3) is 10.1 Å². The van der Waals surface area contributed by atoms with E-state index >= 15 is 0 Å². The standard InChI is InChI=1S/C27H39ClN6O5S/c1-18(40(36,37)38)16-27(25(29)35)10-4-3-5-23(27)32-24-22(28)17-30-26(33-24)31-21-7-6-19-8-11-34(13-14-39-2)12-9-20(19)15-21/h6-7,15,17-18,23H,3-5,8-14,16H2,1-2H3,(H2,29,35)(H,36,37,38)(H2,30,31,32,33)/t18?,23-,27-/m1/s1. The van der Waals surface area contributed by atoms with Crippen molar-refractivity contribution in [2.75, 3.05) is 44.0 Å². The van der Waals surface area contributed by atoms with Gasteiger partial charge < -0.3 is 26.0 Å². The van der Waals surface area contributed by atoms with Gasteiger partial charge in [-0.05, 0) is 62.3 Å². The summed E-state index contributed by atoms with van der Waals surface area (Å²) in [7, 11) is -2.62. The maximum absolute atomic E-state index is 12.8. The van der Waals surface area contributed by atoms with Crippen molar-refractivity contribution in [1.82, 2.24) is 14.9 Å². The van der Waals surface area contributed by atoms with Crippen LogP contribution in [0.25, 0.3) is 0 Å². The molecule has 220 valence electrons. The van der Waals surface area contributed by atoms with E-state index in [1.54, 1.807) is 7.11 Å². The smallest absolute Gasteiger partial charge is 0.267 e. The van der Waals surface area contributed by atoms with Crippen LogP contribution in [0.4, 0.5) is 17.5 Å². The predicted molar refractivity (Wildman–Crippen MR) is 156 cm³/mol. The van der Waals surface area contributed by atoms with Crippen LogP contribution in [0.5, 0.6) is 0 Å². The summed E-state index contributed by atoms with van der Waals surface area (Å²) in [6, 6.07) is 5.74. The molecule has 1 saturated carbocycles. The summed E-state index contributed by atoms with van der Waals surface area (Å²) in [5, 5.41) is 5.64. The van der Waals surface area contributed by atoms with E-state index in [2.05, 4.69) is 37.6 Å². The predicted octanol–water partition coefficient (Wildman–Crippen LogP) is 3.41. The summed E-state index contributed by atoms with van der Waals surface area (Å²) in [5.41, 5.74) is 8.12. The maximum Gasteiger partial charge on any atom is 0.267 e. The third kappa shape index (κ3) is 7.22. The first kappa shape index (κ1) is 30.4. The molecule has 4 rings (SSSR count). The van der Waals surface area contributed by atoms with Crippen molar-refractivity contribution < 1.29 is 22.5 Å². The van der Waals surface area contributed by atoms with Gasteiger partial charge in [-0.2, -0.15) is 13.4 Å². The Morgan fingerprint density at radius 1 is 1.30 bits per heavy atom. The van der Waals surface area contributed by atoms with Crippen molar-refractivity contribution in [3.05, 3.63) is 40.5 Å². The second kappa shape index (κ2) is 13.0. The largest absolute Gasteiger partial charge is 0.383 e. The van der Waals surface area contributed by atoms with Gasteiger partial charge in [-0.3, -0.25) is 9.35 Å². The molecule has 40 heavy (non-hydrogen) atoms. The molecule has 3 atom stereocenters. The fourth-order valence-electron chi connectivity index (χ4n) is 5.82. The van der Waals surface area contributed by atoms with Gasteiger partial charge in [-0.25, -0.2) is 4.98 Å². The van der Waals surface area contributed by atoms with Gasteiger partial charge in [0.1, 0.15) is 5.02 Å². The van der Waals surface area contributed by atoms with E-state index in [1.165, 1.54) is 24.2 Å². The van der Waals surface area contributed by atoms with Gasteiger partial charge in [-0.15, -0.1) is 0 Å². The minimum Gasteiger partial charge on any atom is -0.383 e. The first-order chi connectivity index (χ1) is 19.0. The van der Waals surface area contributed by atoms with E-state index in [4.69, 9.17) is 22.1 Å². The lowest BCUT2D eigenvalue weighted by molar-refractivity contribution is -0.130. The molecule has 1 aromatic heterocycles. The highest BCUT2D eigenvalue weighted by Crippen LogP contribution is 2.43.